The van der Waals surface area contributed by atoms with Gasteiger partial charge in [0.2, 0.25) is 5.91 Å². The fourth-order valence-electron chi connectivity index (χ4n) is 2.24. The van der Waals surface area contributed by atoms with Gasteiger partial charge in [-0.15, -0.1) is 11.3 Å². The van der Waals surface area contributed by atoms with E-state index in [1.54, 1.807) is 17.5 Å². The molecule has 0 saturated heterocycles. The van der Waals surface area contributed by atoms with E-state index >= 15 is 0 Å². The second-order valence-corrected chi connectivity index (χ2v) is 7.16. The first-order valence-electron chi connectivity index (χ1n) is 7.43. The molecule has 0 unspecified atom stereocenters. The van der Waals surface area contributed by atoms with Crippen LogP contribution in [0.1, 0.15) is 23.4 Å². The summed E-state index contributed by atoms with van der Waals surface area (Å²) in [6.45, 7) is 1.94. The number of hydrogen-bond acceptors (Lipinski definition) is 5. The Balaban J connectivity index is 1.56. The van der Waals surface area contributed by atoms with E-state index in [2.05, 4.69) is 26.7 Å². The number of hydrogen-bond donors (Lipinski definition) is 1. The smallest absolute Gasteiger partial charge is 0.226 e. The molecule has 1 N–H and O–H groups in total. The van der Waals surface area contributed by atoms with Gasteiger partial charge in [-0.1, -0.05) is 23.5 Å². The molecule has 3 aromatic heterocycles. The van der Waals surface area contributed by atoms with E-state index in [0.29, 0.717) is 11.6 Å². The fourth-order valence-corrected chi connectivity index (χ4v) is 3.96. The van der Waals surface area contributed by atoms with Gasteiger partial charge in [0.15, 0.2) is 5.13 Å². The maximum atomic E-state index is 12.0. The van der Waals surface area contributed by atoms with Crippen molar-refractivity contribution in [1.82, 2.24) is 9.97 Å². The third-order valence-electron chi connectivity index (χ3n) is 3.35. The highest BCUT2D eigenvalue weighted by Crippen LogP contribution is 2.31. The van der Waals surface area contributed by atoms with Gasteiger partial charge < -0.3 is 5.32 Å². The minimum absolute atomic E-state index is 0.0166. The van der Waals surface area contributed by atoms with Gasteiger partial charge in [-0.05, 0) is 43.3 Å². The minimum atomic E-state index is 0.0166. The van der Waals surface area contributed by atoms with Gasteiger partial charge in [0.1, 0.15) is 0 Å². The van der Waals surface area contributed by atoms with E-state index < -0.39 is 0 Å². The third kappa shape index (κ3) is 4.24. The van der Waals surface area contributed by atoms with Crippen LogP contribution in [0.2, 0.25) is 0 Å². The maximum absolute atomic E-state index is 12.0. The summed E-state index contributed by atoms with van der Waals surface area (Å²) >= 11 is 3.20. The molecule has 4 nitrogen and oxygen atoms in total. The third-order valence-corrected chi connectivity index (χ3v) is 5.38. The Hall–Kier alpha value is -2.05. The van der Waals surface area contributed by atoms with Crippen LogP contribution in [-0.4, -0.2) is 15.9 Å². The predicted octanol–water partition coefficient (Wildman–Crippen LogP) is 4.54. The number of rotatable bonds is 6. The first-order chi connectivity index (χ1) is 11.2. The van der Waals surface area contributed by atoms with Gasteiger partial charge in [0.25, 0.3) is 0 Å². The Morgan fingerprint density at radius 1 is 1.26 bits per heavy atom. The zero-order chi connectivity index (χ0) is 16.1. The van der Waals surface area contributed by atoms with Gasteiger partial charge in [-0.25, -0.2) is 4.98 Å². The van der Waals surface area contributed by atoms with Crippen LogP contribution < -0.4 is 5.32 Å². The second-order valence-electron chi connectivity index (χ2n) is 5.13. The van der Waals surface area contributed by atoms with Gasteiger partial charge in [-0.2, -0.15) is 0 Å². The molecule has 3 heterocycles. The Kier molecular flexibility index (Phi) is 5.15. The topological polar surface area (TPSA) is 54.9 Å². The number of thiophene rings is 1. The lowest BCUT2D eigenvalue weighted by Gasteiger charge is -2.00. The van der Waals surface area contributed by atoms with Crippen LogP contribution in [0.3, 0.4) is 0 Å². The summed E-state index contributed by atoms with van der Waals surface area (Å²) in [6, 6.07) is 9.93. The molecule has 0 aliphatic carbocycles. The van der Waals surface area contributed by atoms with E-state index in [4.69, 9.17) is 0 Å². The van der Waals surface area contributed by atoms with Crippen LogP contribution >= 0.6 is 22.7 Å². The molecule has 0 aromatic carbocycles. The van der Waals surface area contributed by atoms with Crippen LogP contribution in [-0.2, 0) is 11.2 Å². The average molecular weight is 343 g/mol. The number of carbonyl (C=O) groups excluding carboxylic acids is 1. The summed E-state index contributed by atoms with van der Waals surface area (Å²) in [4.78, 5) is 23.1. The maximum Gasteiger partial charge on any atom is 0.226 e. The number of aromatic nitrogens is 2. The van der Waals surface area contributed by atoms with Gasteiger partial charge >= 0.3 is 0 Å². The highest BCUT2D eigenvalue weighted by Gasteiger charge is 2.12. The molecule has 0 fully saturated rings. The van der Waals surface area contributed by atoms with E-state index in [1.807, 2.05) is 31.2 Å². The van der Waals surface area contributed by atoms with Crippen molar-refractivity contribution in [3.05, 3.63) is 52.5 Å². The lowest BCUT2D eigenvalue weighted by molar-refractivity contribution is -0.116. The standard InChI is InChI=1S/C17H17N3OS2/c1-12-16(14-8-2-3-10-18-14)23-17(19-12)20-15(21)9-4-6-13-7-5-11-22-13/h2-3,5,7-8,10-11H,4,6,9H2,1H3,(H,19,20,21). The Labute approximate surface area is 143 Å². The number of aryl methyl sites for hydroxylation is 2. The highest BCUT2D eigenvalue weighted by atomic mass is 32.1. The normalized spacial score (nSPS) is 10.7. The Morgan fingerprint density at radius 2 is 2.17 bits per heavy atom. The van der Waals surface area contributed by atoms with Crippen LogP contribution in [0, 0.1) is 6.92 Å². The molecule has 0 spiro atoms. The summed E-state index contributed by atoms with van der Waals surface area (Å²) in [5.41, 5.74) is 1.78. The van der Waals surface area contributed by atoms with Crippen molar-refractivity contribution in [3.63, 3.8) is 0 Å². The fraction of sp³-hybridized carbons (Fsp3) is 0.235. The second kappa shape index (κ2) is 7.48. The molecule has 118 valence electrons. The van der Waals surface area contributed by atoms with Crippen molar-refractivity contribution < 1.29 is 4.79 Å². The molecule has 0 atom stereocenters. The summed E-state index contributed by atoms with van der Waals surface area (Å²) in [5.74, 6) is 0.0166. The molecule has 1 amide bonds. The Morgan fingerprint density at radius 3 is 2.91 bits per heavy atom. The molecule has 0 radical (unpaired) electrons. The summed E-state index contributed by atoms with van der Waals surface area (Å²) in [5, 5.41) is 5.60. The average Bonchev–Trinajstić information content (AvgIpc) is 3.18. The minimum Gasteiger partial charge on any atom is -0.302 e. The molecular formula is C17H17N3OS2. The van der Waals surface area contributed by atoms with E-state index in [9.17, 15) is 4.79 Å². The number of amides is 1. The Bertz CT molecular complexity index is 767. The number of nitrogens with zero attached hydrogens (tertiary/aromatic N) is 2. The van der Waals surface area contributed by atoms with Crippen molar-refractivity contribution in [3.8, 4) is 10.6 Å². The van der Waals surface area contributed by atoms with Crippen molar-refractivity contribution in [2.75, 3.05) is 5.32 Å². The molecule has 6 heteroatoms. The summed E-state index contributed by atoms with van der Waals surface area (Å²) < 4.78 is 0. The van der Waals surface area contributed by atoms with Gasteiger partial charge in [-0.3, -0.25) is 9.78 Å². The summed E-state index contributed by atoms with van der Waals surface area (Å²) in [7, 11) is 0. The van der Waals surface area contributed by atoms with Gasteiger partial charge in [0.05, 0.1) is 16.3 Å². The highest BCUT2D eigenvalue weighted by molar-refractivity contribution is 7.19. The van der Waals surface area contributed by atoms with Crippen molar-refractivity contribution in [2.45, 2.75) is 26.2 Å². The van der Waals surface area contributed by atoms with Crippen molar-refractivity contribution in [2.24, 2.45) is 0 Å². The zero-order valence-corrected chi connectivity index (χ0v) is 14.4. The van der Waals surface area contributed by atoms with Crippen LogP contribution in [0.15, 0.2) is 41.9 Å². The van der Waals surface area contributed by atoms with Gasteiger partial charge in [0, 0.05) is 17.5 Å². The number of pyridine rings is 1. The molecular weight excluding hydrogens is 326 g/mol. The molecule has 0 aliphatic heterocycles. The molecule has 23 heavy (non-hydrogen) atoms. The van der Waals surface area contributed by atoms with Crippen LogP contribution in [0.5, 0.6) is 0 Å². The van der Waals surface area contributed by atoms with Crippen LogP contribution in [0.4, 0.5) is 5.13 Å². The lowest BCUT2D eigenvalue weighted by Crippen LogP contribution is -2.11. The molecule has 0 saturated carbocycles. The molecule has 0 bridgehead atoms. The monoisotopic (exact) mass is 343 g/mol. The SMILES string of the molecule is Cc1nc(NC(=O)CCCc2cccs2)sc1-c1ccccn1. The first kappa shape index (κ1) is 15.8. The van der Waals surface area contributed by atoms with E-state index in [0.717, 1.165) is 29.1 Å². The quantitative estimate of drug-likeness (QED) is 0.715. The summed E-state index contributed by atoms with van der Waals surface area (Å²) in [6.07, 6.45) is 4.07. The number of thiazole rings is 1. The van der Waals surface area contributed by atoms with E-state index in [-0.39, 0.29) is 5.91 Å². The van der Waals surface area contributed by atoms with Crippen molar-refractivity contribution >= 4 is 33.7 Å². The van der Waals surface area contributed by atoms with E-state index in [1.165, 1.54) is 16.2 Å². The zero-order valence-electron chi connectivity index (χ0n) is 12.8. The van der Waals surface area contributed by atoms with Crippen molar-refractivity contribution in [1.29, 1.82) is 0 Å². The molecule has 0 aliphatic rings. The lowest BCUT2D eigenvalue weighted by atomic mass is 10.2. The molecule has 3 aromatic rings. The van der Waals surface area contributed by atoms with Crippen LogP contribution in [0.25, 0.3) is 10.6 Å². The number of nitrogens with one attached hydrogen (secondary N) is 1. The number of carbonyl (C=O) groups is 1. The predicted molar refractivity (Wildman–Crippen MR) is 96.0 cm³/mol. The molecule has 3 rings (SSSR count). The first-order valence-corrected chi connectivity index (χ1v) is 9.13. The number of anilines is 1. The largest absolute Gasteiger partial charge is 0.302 e.